The summed E-state index contributed by atoms with van der Waals surface area (Å²) in [6.45, 7) is 6.57. The van der Waals surface area contributed by atoms with E-state index >= 15 is 0 Å². The van der Waals surface area contributed by atoms with Gasteiger partial charge in [0.15, 0.2) is 5.82 Å². The molecule has 12 nitrogen and oxygen atoms in total. The lowest BCUT2D eigenvalue weighted by atomic mass is 10.1. The topological polar surface area (TPSA) is 142 Å². The van der Waals surface area contributed by atoms with Crippen LogP contribution in [0.5, 0.6) is 5.19 Å². The van der Waals surface area contributed by atoms with Gasteiger partial charge in [-0.25, -0.2) is 27.9 Å². The number of sulfone groups is 1. The van der Waals surface area contributed by atoms with Crippen LogP contribution in [0.1, 0.15) is 32.5 Å². The van der Waals surface area contributed by atoms with Crippen molar-refractivity contribution >= 4 is 32.1 Å². The molecule has 5 rings (SSSR count). The van der Waals surface area contributed by atoms with Gasteiger partial charge in [0, 0.05) is 42.9 Å². The smallest absolute Gasteiger partial charge is 0.328 e. The van der Waals surface area contributed by atoms with Crippen molar-refractivity contribution in [2.24, 2.45) is 0 Å². The van der Waals surface area contributed by atoms with Crippen LogP contribution in [0.3, 0.4) is 0 Å². The summed E-state index contributed by atoms with van der Waals surface area (Å²) >= 11 is 1.30. The van der Waals surface area contributed by atoms with E-state index in [4.69, 9.17) is 9.26 Å². The van der Waals surface area contributed by atoms with Crippen molar-refractivity contribution in [3.05, 3.63) is 48.3 Å². The van der Waals surface area contributed by atoms with E-state index in [0.717, 1.165) is 11.8 Å². The van der Waals surface area contributed by atoms with E-state index in [2.05, 4.69) is 30.2 Å². The van der Waals surface area contributed by atoms with Crippen LogP contribution in [-0.2, 0) is 9.84 Å². The maximum atomic E-state index is 11.5. The molecule has 0 saturated heterocycles. The van der Waals surface area contributed by atoms with Crippen molar-refractivity contribution in [2.75, 3.05) is 17.7 Å². The maximum absolute atomic E-state index is 11.5. The lowest BCUT2D eigenvalue weighted by Crippen LogP contribution is -2.23. The molecule has 5 heterocycles. The molecule has 4 aromatic rings. The third kappa shape index (κ3) is 4.79. The van der Waals surface area contributed by atoms with Crippen LogP contribution in [0.2, 0.25) is 0 Å². The average molecular weight is 515 g/mol. The molecular formula is C21H22N8O4S2. The Morgan fingerprint density at radius 2 is 1.94 bits per heavy atom. The van der Waals surface area contributed by atoms with Gasteiger partial charge in [-0.3, -0.25) is 4.90 Å². The zero-order valence-electron chi connectivity index (χ0n) is 19.4. The van der Waals surface area contributed by atoms with Crippen molar-refractivity contribution in [1.29, 1.82) is 0 Å². The van der Waals surface area contributed by atoms with Gasteiger partial charge in [0.05, 0.1) is 11.9 Å². The largest absolute Gasteiger partial charge is 0.461 e. The fourth-order valence-electron chi connectivity index (χ4n) is 3.26. The quantitative estimate of drug-likeness (QED) is 0.336. The van der Waals surface area contributed by atoms with E-state index in [1.807, 2.05) is 44.0 Å². The highest BCUT2D eigenvalue weighted by atomic mass is 32.2. The third-order valence-corrected chi connectivity index (χ3v) is 6.88. The van der Waals surface area contributed by atoms with Crippen LogP contribution in [0.15, 0.2) is 52.2 Å². The van der Waals surface area contributed by atoms with Gasteiger partial charge in [-0.15, -0.1) is 5.10 Å². The summed E-state index contributed by atoms with van der Waals surface area (Å²) < 4.78 is 36.1. The van der Waals surface area contributed by atoms with Gasteiger partial charge in [-0.1, -0.05) is 25.1 Å². The highest BCUT2D eigenvalue weighted by Gasteiger charge is 2.20. The minimum Gasteiger partial charge on any atom is -0.461 e. The summed E-state index contributed by atoms with van der Waals surface area (Å²) in [5.41, 5.74) is 2.18. The Bertz CT molecular complexity index is 1500. The lowest BCUT2D eigenvalue weighted by molar-refractivity contribution is 0.256. The third-order valence-electron chi connectivity index (χ3n) is 5.19. The van der Waals surface area contributed by atoms with Gasteiger partial charge in [-0.2, -0.15) is 4.98 Å². The Hall–Kier alpha value is -3.65. The van der Waals surface area contributed by atoms with Crippen molar-refractivity contribution in [2.45, 2.75) is 37.9 Å². The summed E-state index contributed by atoms with van der Waals surface area (Å²) in [5.74, 6) is 0.875. The van der Waals surface area contributed by atoms with Crippen LogP contribution in [0, 0.1) is 0 Å². The van der Waals surface area contributed by atoms with Crippen LogP contribution in [0.25, 0.3) is 16.2 Å². The number of anilines is 1. The standard InChI is InChI=1S/C21H22N8O4S2/c1-12(2)17-25-19(33-27-17)28-7-5-14(6-8-28)13(3)32-21-26-29-11-16(24-20(29)34-21)15-9-22-18(23-10-15)35(4,30)31/h5-7,9-13H,8H2,1-4H3. The molecule has 1 unspecified atom stereocenters. The van der Waals surface area contributed by atoms with Crippen molar-refractivity contribution in [3.63, 3.8) is 0 Å². The monoisotopic (exact) mass is 514 g/mol. The first-order valence-corrected chi connectivity index (χ1v) is 13.4. The molecular weight excluding hydrogens is 492 g/mol. The van der Waals surface area contributed by atoms with Gasteiger partial charge in [-0.05, 0) is 29.9 Å². The molecule has 0 radical (unpaired) electrons. The Labute approximate surface area is 204 Å². The number of hydrogen-bond acceptors (Lipinski definition) is 12. The SMILES string of the molecule is CC(Oc1nn2cc(-c3cnc(S(C)(=O)=O)nc3)nc2s1)C1=CCN(c2nc(C(C)C)no2)C=C1. The molecule has 1 aliphatic rings. The van der Waals surface area contributed by atoms with Crippen LogP contribution < -0.4 is 9.64 Å². The Morgan fingerprint density at radius 3 is 2.54 bits per heavy atom. The summed E-state index contributed by atoms with van der Waals surface area (Å²) in [7, 11) is -3.46. The predicted molar refractivity (Wildman–Crippen MR) is 128 cm³/mol. The minimum absolute atomic E-state index is 0.199. The van der Waals surface area contributed by atoms with Crippen LogP contribution >= 0.6 is 11.3 Å². The summed E-state index contributed by atoms with van der Waals surface area (Å²) in [6, 6.07) is 0.460. The van der Waals surface area contributed by atoms with E-state index in [1.165, 1.54) is 23.7 Å². The first-order valence-electron chi connectivity index (χ1n) is 10.7. The van der Waals surface area contributed by atoms with E-state index in [9.17, 15) is 8.42 Å². The molecule has 0 amide bonds. The first kappa shape index (κ1) is 23.1. The van der Waals surface area contributed by atoms with Gasteiger partial charge >= 0.3 is 6.01 Å². The van der Waals surface area contributed by atoms with Crippen molar-refractivity contribution < 1.29 is 17.7 Å². The van der Waals surface area contributed by atoms with E-state index in [1.54, 1.807) is 10.7 Å². The molecule has 0 bridgehead atoms. The Balaban J connectivity index is 1.24. The number of fused-ring (bicyclic) bond motifs is 1. The summed E-state index contributed by atoms with van der Waals surface area (Å²) in [4.78, 5) is 19.3. The predicted octanol–water partition coefficient (Wildman–Crippen LogP) is 2.89. The second-order valence-corrected chi connectivity index (χ2v) is 11.1. The Morgan fingerprint density at radius 1 is 1.17 bits per heavy atom. The lowest BCUT2D eigenvalue weighted by Gasteiger charge is -2.21. The van der Waals surface area contributed by atoms with E-state index in [-0.39, 0.29) is 17.2 Å². The molecule has 4 aromatic heterocycles. The number of aromatic nitrogens is 7. The van der Waals surface area contributed by atoms with E-state index in [0.29, 0.717) is 39.8 Å². The normalized spacial score (nSPS) is 15.1. The second-order valence-electron chi connectivity index (χ2n) is 8.27. The fraction of sp³-hybridized carbons (Fsp3) is 0.333. The molecule has 0 N–H and O–H groups in total. The van der Waals surface area contributed by atoms with E-state index < -0.39 is 9.84 Å². The molecule has 0 aromatic carbocycles. The first-order chi connectivity index (χ1) is 16.7. The van der Waals surface area contributed by atoms with Gasteiger partial charge in [0.25, 0.3) is 5.19 Å². The minimum atomic E-state index is -3.46. The van der Waals surface area contributed by atoms with Gasteiger partial charge in [0.1, 0.15) is 6.10 Å². The molecule has 182 valence electrons. The molecule has 0 aliphatic carbocycles. The zero-order chi connectivity index (χ0) is 24.7. The highest BCUT2D eigenvalue weighted by Crippen LogP contribution is 2.28. The number of nitrogens with zero attached hydrogens (tertiary/aromatic N) is 8. The van der Waals surface area contributed by atoms with Crippen molar-refractivity contribution in [1.82, 2.24) is 34.7 Å². The molecule has 1 aliphatic heterocycles. The number of hydrogen-bond donors (Lipinski definition) is 0. The highest BCUT2D eigenvalue weighted by molar-refractivity contribution is 7.90. The van der Waals surface area contributed by atoms with Gasteiger partial charge in [0.2, 0.25) is 20.0 Å². The van der Waals surface area contributed by atoms with Crippen LogP contribution in [0.4, 0.5) is 6.01 Å². The van der Waals surface area contributed by atoms with Gasteiger partial charge < -0.3 is 9.26 Å². The van der Waals surface area contributed by atoms with Crippen molar-refractivity contribution in [3.8, 4) is 16.5 Å². The molecule has 0 spiro atoms. The Kier molecular flexibility index (Phi) is 5.84. The number of ether oxygens (including phenoxy) is 1. The maximum Gasteiger partial charge on any atom is 0.328 e. The fourth-order valence-corrected chi connectivity index (χ4v) is 4.55. The molecule has 0 fully saturated rings. The number of imidazole rings is 1. The summed E-state index contributed by atoms with van der Waals surface area (Å²) in [6.07, 6.45) is 11.3. The molecule has 1 atom stereocenters. The molecule has 35 heavy (non-hydrogen) atoms. The summed E-state index contributed by atoms with van der Waals surface area (Å²) in [5, 5.41) is 8.71. The average Bonchev–Trinajstić information content (AvgIpc) is 3.54. The molecule has 0 saturated carbocycles. The second kappa shape index (κ2) is 8.85. The number of rotatable bonds is 7. The molecule has 14 heteroatoms. The zero-order valence-corrected chi connectivity index (χ0v) is 21.0. The van der Waals surface area contributed by atoms with Crippen LogP contribution in [-0.4, -0.2) is 62.0 Å².